The van der Waals surface area contributed by atoms with Crippen LogP contribution < -0.4 is 10.7 Å². The number of anilines is 1. The summed E-state index contributed by atoms with van der Waals surface area (Å²) in [5.41, 5.74) is 4.01. The molecule has 6 heteroatoms. The molecule has 0 aliphatic heterocycles. The van der Waals surface area contributed by atoms with Gasteiger partial charge < -0.3 is 5.32 Å². The van der Waals surface area contributed by atoms with Crippen molar-refractivity contribution in [2.24, 2.45) is 11.0 Å². The molecule has 122 valence electrons. The summed E-state index contributed by atoms with van der Waals surface area (Å²) in [5.74, 6) is -0.376. The number of amides is 2. The number of halogens is 1. The van der Waals surface area contributed by atoms with Crippen LogP contribution in [0.2, 0.25) is 5.02 Å². The smallest absolute Gasteiger partial charge is 0.273 e. The van der Waals surface area contributed by atoms with E-state index < -0.39 is 5.91 Å². The van der Waals surface area contributed by atoms with Crippen LogP contribution in [-0.2, 0) is 4.79 Å². The zero-order valence-corrected chi connectivity index (χ0v) is 13.6. The van der Waals surface area contributed by atoms with E-state index in [2.05, 4.69) is 15.8 Å². The third-order valence-corrected chi connectivity index (χ3v) is 4.00. The summed E-state index contributed by atoms with van der Waals surface area (Å²) in [6, 6.07) is 14.0. The third kappa shape index (κ3) is 4.00. The van der Waals surface area contributed by atoms with E-state index in [4.69, 9.17) is 11.6 Å². The van der Waals surface area contributed by atoms with Crippen molar-refractivity contribution in [2.75, 3.05) is 5.32 Å². The van der Waals surface area contributed by atoms with Crippen LogP contribution in [0.3, 0.4) is 0 Å². The number of nitrogens with one attached hydrogen (secondary N) is 2. The van der Waals surface area contributed by atoms with Gasteiger partial charge in [-0.05, 0) is 31.0 Å². The molecule has 2 amide bonds. The number of para-hydroxylation sites is 1. The predicted octanol–water partition coefficient (Wildman–Crippen LogP) is 3.45. The Morgan fingerprint density at radius 3 is 2.54 bits per heavy atom. The largest absolute Gasteiger partial charge is 0.325 e. The number of hydrogen-bond donors (Lipinski definition) is 2. The first-order valence-electron chi connectivity index (χ1n) is 7.63. The van der Waals surface area contributed by atoms with Crippen molar-refractivity contribution >= 4 is 35.3 Å². The lowest BCUT2D eigenvalue weighted by Crippen LogP contribution is -2.21. The fourth-order valence-corrected chi connectivity index (χ4v) is 2.36. The number of benzene rings is 2. The molecule has 1 aliphatic rings. The quantitative estimate of drug-likeness (QED) is 0.646. The maximum atomic E-state index is 12.3. The Kier molecular flexibility index (Phi) is 4.91. The van der Waals surface area contributed by atoms with Crippen molar-refractivity contribution in [2.45, 2.75) is 12.8 Å². The topological polar surface area (TPSA) is 70.6 Å². The number of rotatable bonds is 5. The van der Waals surface area contributed by atoms with Crippen molar-refractivity contribution in [1.82, 2.24) is 5.43 Å². The van der Waals surface area contributed by atoms with Gasteiger partial charge in [0.15, 0.2) is 0 Å². The fourth-order valence-electron chi connectivity index (χ4n) is 2.17. The standard InChI is InChI=1S/C18H16ClN3O2/c19-15-7-3-1-5-13(15)11-20-22-18(24)14-6-2-4-8-16(14)21-17(23)12-9-10-12/h1-8,11-12H,9-10H2,(H,21,23)(H,22,24). The third-order valence-electron chi connectivity index (χ3n) is 3.65. The first-order chi connectivity index (χ1) is 11.6. The Morgan fingerprint density at radius 1 is 1.08 bits per heavy atom. The normalized spacial score (nSPS) is 13.7. The molecule has 1 fully saturated rings. The maximum absolute atomic E-state index is 12.3. The lowest BCUT2D eigenvalue weighted by Gasteiger charge is -2.09. The zero-order chi connectivity index (χ0) is 16.9. The molecule has 0 spiro atoms. The van der Waals surface area contributed by atoms with Gasteiger partial charge in [0.1, 0.15) is 0 Å². The SMILES string of the molecule is O=C(NN=Cc1ccccc1Cl)c1ccccc1NC(=O)C1CC1. The Morgan fingerprint density at radius 2 is 1.79 bits per heavy atom. The Balaban J connectivity index is 1.68. The van der Waals surface area contributed by atoms with Gasteiger partial charge in [0, 0.05) is 16.5 Å². The summed E-state index contributed by atoms with van der Waals surface area (Å²) in [4.78, 5) is 24.2. The summed E-state index contributed by atoms with van der Waals surface area (Å²) in [6.07, 6.45) is 3.29. The minimum atomic E-state index is -0.398. The van der Waals surface area contributed by atoms with Crippen LogP contribution in [0.4, 0.5) is 5.69 Å². The Bertz CT molecular complexity index is 800. The van der Waals surface area contributed by atoms with E-state index >= 15 is 0 Å². The zero-order valence-electron chi connectivity index (χ0n) is 12.8. The van der Waals surface area contributed by atoms with Crippen molar-refractivity contribution in [3.05, 3.63) is 64.7 Å². The van der Waals surface area contributed by atoms with E-state index in [1.165, 1.54) is 6.21 Å². The second kappa shape index (κ2) is 7.27. The number of carbonyl (C=O) groups is 2. The van der Waals surface area contributed by atoms with Crippen LogP contribution in [0.15, 0.2) is 53.6 Å². The van der Waals surface area contributed by atoms with E-state index in [1.54, 1.807) is 36.4 Å². The molecule has 0 saturated heterocycles. The van der Waals surface area contributed by atoms with Crippen molar-refractivity contribution < 1.29 is 9.59 Å². The molecule has 3 rings (SSSR count). The minimum absolute atomic E-state index is 0.0465. The lowest BCUT2D eigenvalue weighted by atomic mass is 10.1. The molecule has 2 N–H and O–H groups in total. The highest BCUT2D eigenvalue weighted by atomic mass is 35.5. The van der Waals surface area contributed by atoms with Gasteiger partial charge in [0.25, 0.3) is 5.91 Å². The lowest BCUT2D eigenvalue weighted by molar-refractivity contribution is -0.117. The number of hydrogen-bond acceptors (Lipinski definition) is 3. The minimum Gasteiger partial charge on any atom is -0.325 e. The average Bonchev–Trinajstić information content (AvgIpc) is 3.42. The van der Waals surface area contributed by atoms with Crippen LogP contribution in [0, 0.1) is 5.92 Å². The molecular formula is C18H16ClN3O2. The summed E-state index contributed by atoms with van der Waals surface area (Å²) in [5, 5.41) is 7.27. The highest BCUT2D eigenvalue weighted by Crippen LogP contribution is 2.30. The van der Waals surface area contributed by atoms with E-state index in [0.29, 0.717) is 21.8 Å². The fraction of sp³-hybridized carbons (Fsp3) is 0.167. The Hall–Kier alpha value is -2.66. The highest BCUT2D eigenvalue weighted by molar-refractivity contribution is 6.33. The molecule has 0 unspecified atom stereocenters. The van der Waals surface area contributed by atoms with E-state index in [1.807, 2.05) is 12.1 Å². The maximum Gasteiger partial charge on any atom is 0.273 e. The van der Waals surface area contributed by atoms with Crippen molar-refractivity contribution in [1.29, 1.82) is 0 Å². The van der Waals surface area contributed by atoms with Gasteiger partial charge in [-0.1, -0.05) is 41.9 Å². The molecule has 0 radical (unpaired) electrons. The van der Waals surface area contributed by atoms with Crippen LogP contribution in [-0.4, -0.2) is 18.0 Å². The van der Waals surface area contributed by atoms with E-state index in [-0.39, 0.29) is 11.8 Å². The second-order valence-corrected chi connectivity index (χ2v) is 5.94. The van der Waals surface area contributed by atoms with Crippen LogP contribution in [0.1, 0.15) is 28.8 Å². The Labute approximate surface area is 144 Å². The molecule has 0 atom stereocenters. The molecule has 1 aliphatic carbocycles. The molecule has 1 saturated carbocycles. The summed E-state index contributed by atoms with van der Waals surface area (Å²) in [7, 11) is 0. The van der Waals surface area contributed by atoms with Gasteiger partial charge in [-0.2, -0.15) is 5.10 Å². The van der Waals surface area contributed by atoms with Crippen LogP contribution in [0.25, 0.3) is 0 Å². The molecule has 2 aromatic carbocycles. The summed E-state index contributed by atoms with van der Waals surface area (Å²) < 4.78 is 0. The first-order valence-corrected chi connectivity index (χ1v) is 8.01. The number of hydrazone groups is 1. The number of carbonyl (C=O) groups excluding carboxylic acids is 2. The highest BCUT2D eigenvalue weighted by Gasteiger charge is 2.30. The first kappa shape index (κ1) is 16.2. The number of nitrogens with zero attached hydrogens (tertiary/aromatic N) is 1. The van der Waals surface area contributed by atoms with Gasteiger partial charge >= 0.3 is 0 Å². The van der Waals surface area contributed by atoms with E-state index in [9.17, 15) is 9.59 Å². The van der Waals surface area contributed by atoms with Gasteiger partial charge in [-0.25, -0.2) is 5.43 Å². The van der Waals surface area contributed by atoms with Crippen LogP contribution >= 0.6 is 11.6 Å². The molecule has 0 heterocycles. The summed E-state index contributed by atoms with van der Waals surface area (Å²) in [6.45, 7) is 0. The van der Waals surface area contributed by atoms with Gasteiger partial charge in [-0.3, -0.25) is 9.59 Å². The van der Waals surface area contributed by atoms with Gasteiger partial charge in [0.05, 0.1) is 17.5 Å². The van der Waals surface area contributed by atoms with Crippen molar-refractivity contribution in [3.8, 4) is 0 Å². The van der Waals surface area contributed by atoms with Gasteiger partial charge in [-0.15, -0.1) is 0 Å². The van der Waals surface area contributed by atoms with Gasteiger partial charge in [0.2, 0.25) is 5.91 Å². The average molecular weight is 342 g/mol. The molecule has 2 aromatic rings. The molecule has 0 aromatic heterocycles. The molecule has 5 nitrogen and oxygen atoms in total. The summed E-state index contributed by atoms with van der Waals surface area (Å²) >= 11 is 6.02. The predicted molar refractivity (Wildman–Crippen MR) is 94.3 cm³/mol. The van der Waals surface area contributed by atoms with E-state index in [0.717, 1.165) is 12.8 Å². The van der Waals surface area contributed by atoms with Crippen LogP contribution in [0.5, 0.6) is 0 Å². The second-order valence-electron chi connectivity index (χ2n) is 5.53. The molecular weight excluding hydrogens is 326 g/mol. The molecule has 0 bridgehead atoms. The monoisotopic (exact) mass is 341 g/mol. The van der Waals surface area contributed by atoms with Crippen molar-refractivity contribution in [3.63, 3.8) is 0 Å². The molecule has 24 heavy (non-hydrogen) atoms.